The van der Waals surface area contributed by atoms with Gasteiger partial charge in [-0.2, -0.15) is 0 Å². The molecule has 0 bridgehead atoms. The quantitative estimate of drug-likeness (QED) is 0.0385. The molecule has 458 valence electrons. The molecule has 0 spiro atoms. The van der Waals surface area contributed by atoms with Gasteiger partial charge < -0.3 is 61.0 Å². The number of ether oxygens (including phenoxy) is 3. The van der Waals surface area contributed by atoms with Crippen LogP contribution in [0.25, 0.3) is 0 Å². The lowest BCUT2D eigenvalue weighted by molar-refractivity contribution is -0.148. The highest BCUT2D eigenvalue weighted by molar-refractivity contribution is 5.92. The van der Waals surface area contributed by atoms with Gasteiger partial charge in [0.1, 0.15) is 24.2 Å². The average Bonchev–Trinajstić information content (AvgIpc) is 3.91. The molecule has 1 heterocycles. The molecule has 1 aliphatic heterocycles. The first kappa shape index (κ1) is 70.9. The number of carboxylic acids is 1. The number of carbonyl (C=O) groups is 10. The van der Waals surface area contributed by atoms with Crippen molar-refractivity contribution in [1.29, 1.82) is 0 Å². The third-order valence-electron chi connectivity index (χ3n) is 14.8. The largest absolute Gasteiger partial charge is 0.480 e. The zero-order valence-electron chi connectivity index (χ0n) is 51.0. The summed E-state index contributed by atoms with van der Waals surface area (Å²) in [5, 5.41) is 25.6. The van der Waals surface area contributed by atoms with Crippen LogP contribution < -0.4 is 31.9 Å². The second kappa shape index (κ2) is 34.3. The number of esters is 1. The molecule has 1 aliphatic rings. The van der Waals surface area contributed by atoms with Crippen LogP contribution in [0.5, 0.6) is 0 Å². The van der Waals surface area contributed by atoms with Crippen LogP contribution in [-0.2, 0) is 68.6 Å². The van der Waals surface area contributed by atoms with Gasteiger partial charge in [0.15, 0.2) is 0 Å². The standard InChI is InChI=1S/C58H97N9O14/c1-17-36(6)49(66(14)54(74)47(34(2)3)64-53(73)48(35(4)5)65(12)13)43(79-15)33-46(70)67-29-21-25-42(67)50(80-16)37(7)51(71)63-40(31-39-23-19-18-20-24-39)52(72)59-27-22-30-81-56(77)38(8)61-45(69)32-41(55(75)76)62-44(68)26-28-60-57(78)58(9,10)11/h18-20,23-24,34-38,40-43,47-50H,17,21-22,25-33H2,1-16H3,(H,59,72)(H,60,78)(H,61,69)(H,62,68)(H,63,71)(H,64,73)(H,75,76)/t36-,37+,38?,40-,41?,42-,43+,47?,48?,49-,50+/m0/s1. The highest BCUT2D eigenvalue weighted by atomic mass is 16.5. The van der Waals surface area contributed by atoms with E-state index in [1.165, 1.54) is 21.1 Å². The zero-order valence-corrected chi connectivity index (χ0v) is 51.0. The topological polar surface area (TPSA) is 301 Å². The van der Waals surface area contributed by atoms with Crippen LogP contribution in [0.1, 0.15) is 127 Å². The van der Waals surface area contributed by atoms with E-state index in [0.717, 1.165) is 5.56 Å². The fourth-order valence-corrected chi connectivity index (χ4v) is 10.0. The van der Waals surface area contributed by atoms with Gasteiger partial charge in [0.25, 0.3) is 0 Å². The van der Waals surface area contributed by atoms with Gasteiger partial charge in [-0.15, -0.1) is 0 Å². The predicted octanol–water partition coefficient (Wildman–Crippen LogP) is 2.43. The lowest BCUT2D eigenvalue weighted by atomic mass is 9.89. The smallest absolute Gasteiger partial charge is 0.328 e. The Morgan fingerprint density at radius 2 is 1.40 bits per heavy atom. The number of nitrogens with zero attached hydrogens (tertiary/aromatic N) is 3. The molecule has 2 rings (SSSR count). The summed E-state index contributed by atoms with van der Waals surface area (Å²) in [5.41, 5.74) is 0.0888. The van der Waals surface area contributed by atoms with Crippen molar-refractivity contribution in [2.45, 2.75) is 182 Å². The number of hydrogen-bond donors (Lipinski definition) is 7. The Bertz CT molecular complexity index is 2230. The Labute approximate surface area is 480 Å². The highest BCUT2D eigenvalue weighted by Crippen LogP contribution is 2.30. The Morgan fingerprint density at radius 1 is 0.753 bits per heavy atom. The van der Waals surface area contributed by atoms with E-state index < -0.39 is 108 Å². The number of nitrogens with one attached hydrogen (secondary N) is 6. The van der Waals surface area contributed by atoms with Gasteiger partial charge in [0.2, 0.25) is 47.3 Å². The maximum absolute atomic E-state index is 14.5. The SMILES string of the molecule is CC[C@H](C)[C@@H]([C@@H](CC(=O)N1CCC[C@H]1[C@H](OC)[C@@H](C)C(=O)N[C@@H](Cc1ccccc1)C(=O)NCCCOC(=O)C(C)NC(=O)CC(NC(=O)CCNC(=O)C(C)(C)C)C(=O)O)OC)N(C)C(=O)C(NC(=O)C(C(C)C)N(C)C)C(C)C. The number of carboxylic acid groups (broad SMARTS) is 1. The number of methoxy groups -OCH3 is 2. The van der Waals surface area contributed by atoms with Crippen LogP contribution in [0.3, 0.4) is 0 Å². The Morgan fingerprint density at radius 3 is 1.94 bits per heavy atom. The summed E-state index contributed by atoms with van der Waals surface area (Å²) < 4.78 is 17.4. The first-order valence-electron chi connectivity index (χ1n) is 28.4. The normalized spacial score (nSPS) is 17.3. The molecule has 0 radical (unpaired) electrons. The van der Waals surface area contributed by atoms with Gasteiger partial charge in [-0.05, 0) is 63.6 Å². The van der Waals surface area contributed by atoms with Gasteiger partial charge >= 0.3 is 11.9 Å². The number of aliphatic carboxylic acids is 1. The first-order valence-corrected chi connectivity index (χ1v) is 28.4. The molecular formula is C58H97N9O14. The lowest BCUT2D eigenvalue weighted by Gasteiger charge is -2.41. The summed E-state index contributed by atoms with van der Waals surface area (Å²) in [6.07, 6.45) is -0.304. The number of hydrogen-bond acceptors (Lipinski definition) is 14. The van der Waals surface area contributed by atoms with Crippen LogP contribution in [0, 0.1) is 29.1 Å². The Balaban J connectivity index is 2.12. The maximum atomic E-state index is 14.5. The van der Waals surface area contributed by atoms with Crippen LogP contribution in [0.15, 0.2) is 30.3 Å². The molecule has 23 nitrogen and oxygen atoms in total. The van der Waals surface area contributed by atoms with E-state index >= 15 is 0 Å². The van der Waals surface area contributed by atoms with E-state index in [0.29, 0.717) is 25.8 Å². The number of amides is 8. The molecular weight excluding hydrogens is 1050 g/mol. The molecule has 11 atom stereocenters. The number of benzene rings is 1. The fourth-order valence-electron chi connectivity index (χ4n) is 10.0. The molecule has 1 aromatic carbocycles. The Kier molecular flexibility index (Phi) is 30.0. The minimum atomic E-state index is -1.60. The van der Waals surface area contributed by atoms with E-state index in [1.807, 2.05) is 90.9 Å². The van der Waals surface area contributed by atoms with Gasteiger partial charge in [-0.1, -0.05) is 106 Å². The zero-order chi connectivity index (χ0) is 61.5. The second-order valence-corrected chi connectivity index (χ2v) is 23.2. The van der Waals surface area contributed by atoms with Gasteiger partial charge in [-0.3, -0.25) is 43.3 Å². The first-order chi connectivity index (χ1) is 37.9. The van der Waals surface area contributed by atoms with Crippen molar-refractivity contribution in [3.8, 4) is 0 Å². The Hall–Kier alpha value is -6.20. The van der Waals surface area contributed by atoms with Crippen molar-refractivity contribution in [1.82, 2.24) is 46.6 Å². The van der Waals surface area contributed by atoms with Crippen LogP contribution in [0.4, 0.5) is 0 Å². The van der Waals surface area contributed by atoms with E-state index in [4.69, 9.17) is 14.2 Å². The minimum Gasteiger partial charge on any atom is -0.480 e. The molecule has 1 fully saturated rings. The van der Waals surface area contributed by atoms with Crippen LogP contribution >= 0.6 is 0 Å². The molecule has 81 heavy (non-hydrogen) atoms. The van der Waals surface area contributed by atoms with Crippen molar-refractivity contribution in [3.05, 3.63) is 35.9 Å². The van der Waals surface area contributed by atoms with Crippen molar-refractivity contribution < 1.29 is 67.3 Å². The maximum Gasteiger partial charge on any atom is 0.328 e. The predicted molar refractivity (Wildman–Crippen MR) is 305 cm³/mol. The third-order valence-corrected chi connectivity index (χ3v) is 14.8. The molecule has 1 saturated heterocycles. The number of rotatable bonds is 34. The van der Waals surface area contributed by atoms with E-state index in [-0.39, 0.29) is 86.8 Å². The van der Waals surface area contributed by atoms with E-state index in [1.54, 1.807) is 44.5 Å². The highest BCUT2D eigenvalue weighted by Gasteiger charge is 2.44. The van der Waals surface area contributed by atoms with Crippen LogP contribution in [0.2, 0.25) is 0 Å². The van der Waals surface area contributed by atoms with Gasteiger partial charge in [0, 0.05) is 59.2 Å². The fraction of sp³-hybridized carbons (Fsp3) is 0.724. The molecule has 0 aromatic heterocycles. The average molecular weight is 1140 g/mol. The van der Waals surface area contributed by atoms with E-state index in [9.17, 15) is 53.1 Å². The van der Waals surface area contributed by atoms with Crippen molar-refractivity contribution in [2.24, 2.45) is 29.1 Å². The summed E-state index contributed by atoms with van der Waals surface area (Å²) in [5.74, 6) is -7.07. The van der Waals surface area contributed by atoms with Crippen LogP contribution in [-0.4, -0.2) is 195 Å². The minimum absolute atomic E-state index is 0.00364. The molecule has 0 aliphatic carbocycles. The molecule has 7 N–H and O–H groups in total. The summed E-state index contributed by atoms with van der Waals surface area (Å²) in [6, 6.07) is 2.96. The third kappa shape index (κ3) is 22.6. The molecule has 8 amide bonds. The monoisotopic (exact) mass is 1140 g/mol. The number of likely N-dealkylation sites (N-methyl/N-ethyl adjacent to an activating group) is 2. The lowest BCUT2D eigenvalue weighted by Crippen LogP contribution is -2.59. The number of carbonyl (C=O) groups excluding carboxylic acids is 9. The van der Waals surface area contributed by atoms with Crippen molar-refractivity contribution in [2.75, 3.05) is 61.6 Å². The van der Waals surface area contributed by atoms with Crippen molar-refractivity contribution in [3.63, 3.8) is 0 Å². The second-order valence-electron chi connectivity index (χ2n) is 23.2. The van der Waals surface area contributed by atoms with Gasteiger partial charge in [0.05, 0.1) is 55.7 Å². The molecule has 1 aromatic rings. The molecule has 4 unspecified atom stereocenters. The summed E-state index contributed by atoms with van der Waals surface area (Å²) in [6.45, 7) is 20.1. The number of likely N-dealkylation sites (tertiary alicyclic amines) is 1. The van der Waals surface area contributed by atoms with Gasteiger partial charge in [-0.25, -0.2) is 9.59 Å². The summed E-state index contributed by atoms with van der Waals surface area (Å²) in [4.78, 5) is 137. The van der Waals surface area contributed by atoms with E-state index in [2.05, 4.69) is 31.9 Å². The molecule has 23 heteroatoms. The summed E-state index contributed by atoms with van der Waals surface area (Å²) in [7, 11) is 8.35. The van der Waals surface area contributed by atoms with Crippen molar-refractivity contribution >= 4 is 59.2 Å². The molecule has 0 saturated carbocycles. The summed E-state index contributed by atoms with van der Waals surface area (Å²) >= 11 is 0.